The summed E-state index contributed by atoms with van der Waals surface area (Å²) in [6.07, 6.45) is 26.7. The summed E-state index contributed by atoms with van der Waals surface area (Å²) in [5.74, 6) is 6.52. The molecule has 2 unspecified atom stereocenters. The largest absolute Gasteiger partial charge is 0.330 e. The van der Waals surface area contributed by atoms with E-state index in [0.717, 1.165) is 67.6 Å². The van der Waals surface area contributed by atoms with Crippen molar-refractivity contribution in [3.63, 3.8) is 0 Å². The molecule has 186 valence electrons. The molecule has 0 spiro atoms. The van der Waals surface area contributed by atoms with Gasteiger partial charge in [0.1, 0.15) is 0 Å². The van der Waals surface area contributed by atoms with E-state index in [9.17, 15) is 0 Å². The minimum atomic E-state index is 0.764. The zero-order valence-electron chi connectivity index (χ0n) is 21.2. The molecule has 3 heteroatoms. The van der Waals surface area contributed by atoms with Crippen LogP contribution in [0.2, 0.25) is 0 Å². The Kier molecular flexibility index (Phi) is 10.7. The average Bonchev–Trinajstić information content (AvgIpc) is 2.84. The highest BCUT2D eigenvalue weighted by molar-refractivity contribution is 4.88. The zero-order chi connectivity index (χ0) is 22.0. The fourth-order valence-corrected chi connectivity index (χ4v) is 8.21. The van der Waals surface area contributed by atoms with E-state index in [2.05, 4.69) is 10.6 Å². The van der Waals surface area contributed by atoms with Crippen molar-refractivity contribution in [2.75, 3.05) is 26.2 Å². The number of rotatable bonds is 16. The molecule has 0 amide bonds. The smallest absolute Gasteiger partial charge is 0.00670 e. The van der Waals surface area contributed by atoms with Gasteiger partial charge in [-0.1, -0.05) is 51.4 Å². The average molecular weight is 446 g/mol. The molecule has 4 bridgehead atoms. The predicted molar refractivity (Wildman–Crippen MR) is 138 cm³/mol. The highest BCUT2D eigenvalue weighted by atomic mass is 14.9. The van der Waals surface area contributed by atoms with Crippen LogP contribution in [-0.2, 0) is 0 Å². The van der Waals surface area contributed by atoms with Gasteiger partial charge in [0.2, 0.25) is 0 Å². The van der Waals surface area contributed by atoms with Crippen LogP contribution in [0.1, 0.15) is 116 Å². The minimum Gasteiger partial charge on any atom is -0.330 e. The lowest BCUT2D eigenvalue weighted by molar-refractivity contribution is 0.0884. The van der Waals surface area contributed by atoms with Gasteiger partial charge in [-0.15, -0.1) is 0 Å². The van der Waals surface area contributed by atoms with Crippen LogP contribution < -0.4 is 16.4 Å². The van der Waals surface area contributed by atoms with Crippen LogP contribution in [0, 0.1) is 35.5 Å². The lowest BCUT2D eigenvalue weighted by Gasteiger charge is -2.43. The highest BCUT2D eigenvalue weighted by Gasteiger charge is 2.36. The Morgan fingerprint density at radius 3 is 1.62 bits per heavy atom. The molecule has 6 rings (SSSR count). The maximum Gasteiger partial charge on any atom is 0.00670 e. The quantitative estimate of drug-likeness (QED) is 0.246. The first-order valence-electron chi connectivity index (χ1n) is 15.0. The molecule has 3 nitrogen and oxygen atoms in total. The molecule has 32 heavy (non-hydrogen) atoms. The van der Waals surface area contributed by atoms with Crippen molar-refractivity contribution >= 4 is 0 Å². The molecule has 0 aromatic carbocycles. The van der Waals surface area contributed by atoms with E-state index in [1.54, 1.807) is 64.2 Å². The first-order valence-corrected chi connectivity index (χ1v) is 15.0. The van der Waals surface area contributed by atoms with Gasteiger partial charge >= 0.3 is 0 Å². The van der Waals surface area contributed by atoms with Crippen LogP contribution in [0.3, 0.4) is 0 Å². The van der Waals surface area contributed by atoms with Crippen LogP contribution in [0.25, 0.3) is 0 Å². The summed E-state index contributed by atoms with van der Waals surface area (Å²) in [6, 6.07) is 0.764. The first kappa shape index (κ1) is 25.0. The third-order valence-electron chi connectivity index (χ3n) is 10.2. The molecule has 0 aromatic heterocycles. The van der Waals surface area contributed by atoms with Gasteiger partial charge in [-0.25, -0.2) is 0 Å². The van der Waals surface area contributed by atoms with Gasteiger partial charge < -0.3 is 16.4 Å². The van der Waals surface area contributed by atoms with Crippen LogP contribution in [0.15, 0.2) is 0 Å². The second kappa shape index (κ2) is 13.7. The van der Waals surface area contributed by atoms with Gasteiger partial charge in [-0.3, -0.25) is 0 Å². The Labute approximate surface area is 199 Å². The van der Waals surface area contributed by atoms with E-state index in [-0.39, 0.29) is 0 Å². The number of nitrogens with two attached hydrogens (primary N) is 1. The number of hydrogen-bond donors (Lipinski definition) is 3. The number of nitrogens with one attached hydrogen (secondary N) is 2. The fourth-order valence-electron chi connectivity index (χ4n) is 8.21. The lowest BCUT2D eigenvalue weighted by atomic mass is 9.63. The Bertz CT molecular complexity index is 457. The Hall–Kier alpha value is -0.120. The predicted octanol–water partition coefficient (Wildman–Crippen LogP) is 6.27. The van der Waals surface area contributed by atoms with E-state index in [4.69, 9.17) is 5.73 Å². The van der Waals surface area contributed by atoms with Gasteiger partial charge in [0.05, 0.1) is 0 Å². The lowest BCUT2D eigenvalue weighted by Crippen LogP contribution is -2.34. The second-order valence-electron chi connectivity index (χ2n) is 12.3. The maximum atomic E-state index is 5.60. The van der Waals surface area contributed by atoms with Gasteiger partial charge in [-0.2, -0.15) is 0 Å². The Morgan fingerprint density at radius 1 is 0.625 bits per heavy atom. The summed E-state index contributed by atoms with van der Waals surface area (Å²) < 4.78 is 0. The van der Waals surface area contributed by atoms with Crippen molar-refractivity contribution in [1.82, 2.24) is 10.6 Å². The molecule has 0 saturated heterocycles. The molecule has 2 atom stereocenters. The van der Waals surface area contributed by atoms with Crippen molar-refractivity contribution in [1.29, 1.82) is 0 Å². The summed E-state index contributed by atoms with van der Waals surface area (Å²) in [4.78, 5) is 0. The van der Waals surface area contributed by atoms with Gasteiger partial charge in [-0.05, 0) is 126 Å². The maximum absolute atomic E-state index is 5.60. The van der Waals surface area contributed by atoms with Crippen LogP contribution >= 0.6 is 0 Å². The van der Waals surface area contributed by atoms with Gasteiger partial charge in [0.15, 0.2) is 0 Å². The van der Waals surface area contributed by atoms with Crippen LogP contribution in [0.5, 0.6) is 0 Å². The molecular formula is C29H55N3. The van der Waals surface area contributed by atoms with Gasteiger partial charge in [0.25, 0.3) is 0 Å². The summed E-state index contributed by atoms with van der Waals surface area (Å²) >= 11 is 0. The van der Waals surface area contributed by atoms with Crippen LogP contribution in [-0.4, -0.2) is 32.2 Å². The molecule has 4 N–H and O–H groups in total. The first-order chi connectivity index (χ1) is 15.8. The monoisotopic (exact) mass is 445 g/mol. The summed E-state index contributed by atoms with van der Waals surface area (Å²) in [5, 5.41) is 7.53. The molecular weight excluding hydrogens is 390 g/mol. The number of hydrogen-bond acceptors (Lipinski definition) is 3. The Balaban J connectivity index is 1.14. The van der Waals surface area contributed by atoms with E-state index in [1.165, 1.54) is 51.5 Å². The van der Waals surface area contributed by atoms with Crippen molar-refractivity contribution in [2.24, 2.45) is 41.2 Å². The third-order valence-corrected chi connectivity index (χ3v) is 10.2. The number of fused-ring (bicyclic) bond motifs is 6. The standard InChI is InChI=1S/C29H55N3/c30-17-3-18-31-19-4-20-32-29(7-1-5-27-21-23-9-13-25(27)14-10-23)8-2-6-28-22-24-11-15-26(28)16-12-24/h23-29,31-32H,1-22,30H2. The summed E-state index contributed by atoms with van der Waals surface area (Å²) in [7, 11) is 0. The van der Waals surface area contributed by atoms with E-state index in [1.807, 2.05) is 0 Å². The molecule has 0 aliphatic heterocycles. The van der Waals surface area contributed by atoms with Crippen molar-refractivity contribution < 1.29 is 0 Å². The molecule has 0 radical (unpaired) electrons. The SMILES string of the molecule is NCCCNCCCNC(CCCC1CC2CCC1CC2)CCCC1CC2CCC1CC2. The van der Waals surface area contributed by atoms with E-state index < -0.39 is 0 Å². The second-order valence-corrected chi connectivity index (χ2v) is 12.3. The van der Waals surface area contributed by atoms with E-state index in [0.29, 0.717) is 0 Å². The molecule has 0 heterocycles. The fraction of sp³-hybridized carbons (Fsp3) is 1.00. The molecule has 0 aromatic rings. The third kappa shape index (κ3) is 7.70. The summed E-state index contributed by atoms with van der Waals surface area (Å²) in [5.41, 5.74) is 5.60. The zero-order valence-corrected chi connectivity index (χ0v) is 21.2. The van der Waals surface area contributed by atoms with E-state index >= 15 is 0 Å². The highest BCUT2D eigenvalue weighted by Crippen LogP contribution is 2.47. The van der Waals surface area contributed by atoms with Crippen LogP contribution in [0.4, 0.5) is 0 Å². The Morgan fingerprint density at radius 2 is 1.16 bits per heavy atom. The molecule has 6 aliphatic rings. The van der Waals surface area contributed by atoms with Crippen molar-refractivity contribution in [3.05, 3.63) is 0 Å². The van der Waals surface area contributed by atoms with Gasteiger partial charge in [0, 0.05) is 6.04 Å². The summed E-state index contributed by atoms with van der Waals surface area (Å²) in [6.45, 7) is 4.20. The topological polar surface area (TPSA) is 50.1 Å². The van der Waals surface area contributed by atoms with Crippen molar-refractivity contribution in [3.8, 4) is 0 Å². The minimum absolute atomic E-state index is 0.764. The molecule has 6 saturated carbocycles. The normalized spacial score (nSPS) is 34.8. The van der Waals surface area contributed by atoms with Crippen molar-refractivity contribution in [2.45, 2.75) is 122 Å². The molecule has 6 fully saturated rings. The molecule has 6 aliphatic carbocycles.